The fourth-order valence-corrected chi connectivity index (χ4v) is 3.24. The van der Waals surface area contributed by atoms with Gasteiger partial charge in [-0.25, -0.2) is 33.2 Å². The Morgan fingerprint density at radius 1 is 1.03 bits per heavy atom. The molecule has 190 valence electrons. The van der Waals surface area contributed by atoms with Crippen LogP contribution >= 0.6 is 11.6 Å². The van der Waals surface area contributed by atoms with Gasteiger partial charge in [0.15, 0.2) is 17.3 Å². The quantitative estimate of drug-likeness (QED) is 0.351. The average Bonchev–Trinajstić information content (AvgIpc) is 3.20. The topological polar surface area (TPSA) is 137 Å². The Labute approximate surface area is 211 Å². The Balaban J connectivity index is 1.50. The van der Waals surface area contributed by atoms with Crippen LogP contribution in [0.15, 0.2) is 42.9 Å². The number of anilines is 2. The molecule has 0 unspecified atom stereocenters. The van der Waals surface area contributed by atoms with E-state index in [2.05, 4.69) is 35.9 Å². The standard InChI is InChI=1S/C22H16ClF3N8O3/c1-10(14-5-12(24)8-29-19(14)26)37-22(36)31-20-18(32-33-34(20)2)17-15(25)6-13(9-28-17)30-21(35)11-3-4-16(23)27-7-11/h3-10H,1-2H3,(H,30,35)(H,31,36)/t10-/m1/s1. The molecule has 0 fully saturated rings. The van der Waals surface area contributed by atoms with Gasteiger partial charge in [0.2, 0.25) is 5.95 Å². The maximum atomic E-state index is 14.9. The molecule has 4 heterocycles. The van der Waals surface area contributed by atoms with Crippen LogP contribution in [0, 0.1) is 17.6 Å². The monoisotopic (exact) mass is 532 g/mol. The molecule has 2 amide bonds. The second-order valence-corrected chi connectivity index (χ2v) is 7.88. The summed E-state index contributed by atoms with van der Waals surface area (Å²) in [5.74, 6) is -3.36. The minimum absolute atomic E-state index is 0.0403. The molecule has 2 N–H and O–H groups in total. The summed E-state index contributed by atoms with van der Waals surface area (Å²) < 4.78 is 48.4. The number of ether oxygens (including phenoxy) is 1. The van der Waals surface area contributed by atoms with Gasteiger partial charge in [0, 0.05) is 19.3 Å². The van der Waals surface area contributed by atoms with Crippen LogP contribution in [0.4, 0.5) is 29.5 Å². The van der Waals surface area contributed by atoms with Crippen molar-refractivity contribution in [2.45, 2.75) is 13.0 Å². The lowest BCUT2D eigenvalue weighted by atomic mass is 10.2. The van der Waals surface area contributed by atoms with E-state index in [4.69, 9.17) is 16.3 Å². The zero-order valence-electron chi connectivity index (χ0n) is 19.0. The van der Waals surface area contributed by atoms with Gasteiger partial charge in [-0.1, -0.05) is 16.8 Å². The van der Waals surface area contributed by atoms with Crippen molar-refractivity contribution in [2.24, 2.45) is 7.05 Å². The third-order valence-corrected chi connectivity index (χ3v) is 5.14. The molecule has 11 nitrogen and oxygen atoms in total. The number of aromatic nitrogens is 6. The van der Waals surface area contributed by atoms with Gasteiger partial charge in [-0.15, -0.1) is 5.10 Å². The zero-order valence-corrected chi connectivity index (χ0v) is 19.8. The smallest absolute Gasteiger partial charge is 0.413 e. The molecule has 37 heavy (non-hydrogen) atoms. The van der Waals surface area contributed by atoms with Crippen LogP contribution in [-0.4, -0.2) is 41.9 Å². The molecule has 0 saturated carbocycles. The van der Waals surface area contributed by atoms with Gasteiger partial charge in [-0.3, -0.25) is 10.1 Å². The van der Waals surface area contributed by atoms with Gasteiger partial charge in [0.1, 0.15) is 22.8 Å². The fraction of sp³-hybridized carbons (Fsp3) is 0.136. The van der Waals surface area contributed by atoms with Crippen LogP contribution in [0.2, 0.25) is 5.15 Å². The molecule has 4 aromatic heterocycles. The van der Waals surface area contributed by atoms with Crippen LogP contribution in [0.25, 0.3) is 11.4 Å². The first-order chi connectivity index (χ1) is 17.6. The molecular formula is C22H16ClF3N8O3. The highest BCUT2D eigenvalue weighted by atomic mass is 35.5. The summed E-state index contributed by atoms with van der Waals surface area (Å²) in [5.41, 5.74) is -0.487. The summed E-state index contributed by atoms with van der Waals surface area (Å²) in [4.78, 5) is 35.8. The molecule has 0 radical (unpaired) electrons. The van der Waals surface area contributed by atoms with Crippen molar-refractivity contribution in [1.29, 1.82) is 0 Å². The fourth-order valence-electron chi connectivity index (χ4n) is 3.12. The summed E-state index contributed by atoms with van der Waals surface area (Å²) >= 11 is 5.70. The highest BCUT2D eigenvalue weighted by Gasteiger charge is 2.23. The lowest BCUT2D eigenvalue weighted by Crippen LogP contribution is -2.19. The number of pyridine rings is 3. The number of halogens is 4. The Bertz CT molecular complexity index is 1480. The van der Waals surface area contributed by atoms with Crippen LogP contribution < -0.4 is 10.6 Å². The van der Waals surface area contributed by atoms with Crippen molar-refractivity contribution in [3.63, 3.8) is 0 Å². The minimum Gasteiger partial charge on any atom is -0.441 e. The predicted octanol–water partition coefficient (Wildman–Crippen LogP) is 4.30. The molecule has 0 aromatic carbocycles. The number of nitrogens with zero attached hydrogens (tertiary/aromatic N) is 6. The van der Waals surface area contributed by atoms with Gasteiger partial charge in [-0.2, -0.15) is 4.39 Å². The second kappa shape index (κ2) is 10.6. The normalized spacial score (nSPS) is 11.6. The van der Waals surface area contributed by atoms with E-state index < -0.39 is 35.7 Å². The van der Waals surface area contributed by atoms with E-state index in [0.717, 1.165) is 16.8 Å². The summed E-state index contributed by atoms with van der Waals surface area (Å²) in [5, 5.41) is 12.6. The van der Waals surface area contributed by atoms with Gasteiger partial charge in [0.05, 0.1) is 29.2 Å². The van der Waals surface area contributed by atoms with E-state index in [1.807, 2.05) is 0 Å². The van der Waals surface area contributed by atoms with E-state index in [9.17, 15) is 22.8 Å². The molecule has 0 aliphatic rings. The molecule has 0 bridgehead atoms. The Morgan fingerprint density at radius 3 is 2.51 bits per heavy atom. The van der Waals surface area contributed by atoms with E-state index in [0.29, 0.717) is 6.20 Å². The molecule has 0 aliphatic carbocycles. The summed E-state index contributed by atoms with van der Waals surface area (Å²) in [6.45, 7) is 1.32. The number of rotatable bonds is 6. The maximum Gasteiger partial charge on any atom is 0.413 e. The van der Waals surface area contributed by atoms with Crippen LogP contribution in [0.3, 0.4) is 0 Å². The van der Waals surface area contributed by atoms with E-state index >= 15 is 0 Å². The summed E-state index contributed by atoms with van der Waals surface area (Å²) in [6, 6.07) is 4.72. The van der Waals surface area contributed by atoms with Crippen LogP contribution in [-0.2, 0) is 11.8 Å². The van der Waals surface area contributed by atoms with Crippen molar-refractivity contribution in [1.82, 2.24) is 29.9 Å². The van der Waals surface area contributed by atoms with Crippen molar-refractivity contribution < 1.29 is 27.5 Å². The molecule has 4 rings (SSSR count). The second-order valence-electron chi connectivity index (χ2n) is 7.49. The van der Waals surface area contributed by atoms with Crippen molar-refractivity contribution >= 4 is 35.1 Å². The van der Waals surface area contributed by atoms with E-state index in [-0.39, 0.29) is 39.2 Å². The van der Waals surface area contributed by atoms with Crippen molar-refractivity contribution in [3.8, 4) is 11.4 Å². The third kappa shape index (κ3) is 5.81. The van der Waals surface area contributed by atoms with E-state index in [1.54, 1.807) is 0 Å². The Kier molecular flexibility index (Phi) is 7.29. The average molecular weight is 533 g/mol. The number of nitrogens with one attached hydrogen (secondary N) is 2. The summed E-state index contributed by atoms with van der Waals surface area (Å²) in [6.07, 6.45) is 0.835. The van der Waals surface area contributed by atoms with Crippen LogP contribution in [0.1, 0.15) is 28.9 Å². The number of amides is 2. The molecule has 0 spiro atoms. The lowest BCUT2D eigenvalue weighted by molar-refractivity contribution is 0.102. The van der Waals surface area contributed by atoms with Gasteiger partial charge in [-0.05, 0) is 25.1 Å². The molecular weight excluding hydrogens is 517 g/mol. The third-order valence-electron chi connectivity index (χ3n) is 4.91. The minimum atomic E-state index is -1.21. The highest BCUT2D eigenvalue weighted by molar-refractivity contribution is 6.29. The Morgan fingerprint density at radius 2 is 1.81 bits per heavy atom. The first-order valence-electron chi connectivity index (χ1n) is 10.4. The number of carbonyl (C=O) groups is 2. The zero-order chi connectivity index (χ0) is 26.7. The SMILES string of the molecule is C[C@@H](OC(=O)Nc1c(-c2ncc(NC(=O)c3ccc(Cl)nc3)cc2F)nnn1C)c1cc(F)cnc1F. The van der Waals surface area contributed by atoms with Crippen LogP contribution in [0.5, 0.6) is 0 Å². The van der Waals surface area contributed by atoms with Gasteiger partial charge in [0.25, 0.3) is 5.91 Å². The molecule has 0 saturated heterocycles. The first kappa shape index (κ1) is 25.5. The number of hydrogen-bond acceptors (Lipinski definition) is 8. The van der Waals surface area contributed by atoms with Crippen molar-refractivity contribution in [2.75, 3.05) is 10.6 Å². The maximum absolute atomic E-state index is 14.9. The number of aryl methyl sites for hydroxylation is 1. The number of hydrogen-bond donors (Lipinski definition) is 2. The number of carbonyl (C=O) groups excluding carboxylic acids is 2. The summed E-state index contributed by atoms with van der Waals surface area (Å²) in [7, 11) is 1.42. The van der Waals surface area contributed by atoms with Crippen molar-refractivity contribution in [3.05, 3.63) is 76.7 Å². The van der Waals surface area contributed by atoms with Gasteiger partial charge >= 0.3 is 6.09 Å². The first-order valence-corrected chi connectivity index (χ1v) is 10.8. The van der Waals surface area contributed by atoms with Gasteiger partial charge < -0.3 is 10.1 Å². The van der Waals surface area contributed by atoms with E-state index in [1.165, 1.54) is 38.5 Å². The molecule has 15 heteroatoms. The predicted molar refractivity (Wildman–Crippen MR) is 124 cm³/mol. The molecule has 1 atom stereocenters. The highest BCUT2D eigenvalue weighted by Crippen LogP contribution is 2.28. The lowest BCUT2D eigenvalue weighted by Gasteiger charge is -2.15. The molecule has 4 aromatic rings. The largest absolute Gasteiger partial charge is 0.441 e. The Hall–Kier alpha value is -4.59. The molecule has 0 aliphatic heterocycles.